The van der Waals surface area contributed by atoms with E-state index in [4.69, 9.17) is 0 Å². The van der Waals surface area contributed by atoms with E-state index in [0.717, 1.165) is 15.8 Å². The summed E-state index contributed by atoms with van der Waals surface area (Å²) < 4.78 is 1.88. The molecule has 0 aliphatic carbocycles. The number of hydrogen-bond donors (Lipinski definition) is 2. The lowest BCUT2D eigenvalue weighted by molar-refractivity contribution is -0.117. The molecule has 6 heteroatoms. The van der Waals surface area contributed by atoms with E-state index in [-0.39, 0.29) is 5.91 Å². The lowest BCUT2D eigenvalue weighted by atomic mass is 10.2. The Morgan fingerprint density at radius 2 is 1.72 bits per heavy atom. The second-order valence-corrected chi connectivity index (χ2v) is 6.33. The smallest absolute Gasteiger partial charge is 0.271 e. The third-order valence-corrected chi connectivity index (χ3v) is 4.42. The number of nitrogens with one attached hydrogen (secondary N) is 2. The van der Waals surface area contributed by atoms with Crippen molar-refractivity contribution in [3.63, 3.8) is 0 Å². The van der Waals surface area contributed by atoms with Crippen molar-refractivity contribution in [2.75, 3.05) is 0 Å². The Kier molecular flexibility index (Phi) is 5.20. The van der Waals surface area contributed by atoms with E-state index < -0.39 is 5.91 Å². The van der Waals surface area contributed by atoms with Crippen LogP contribution in [0.1, 0.15) is 10.4 Å². The summed E-state index contributed by atoms with van der Waals surface area (Å²) in [5.74, 6) is -0.744. The van der Waals surface area contributed by atoms with E-state index in [1.54, 1.807) is 11.6 Å². The van der Waals surface area contributed by atoms with Crippen molar-refractivity contribution in [1.82, 2.24) is 15.4 Å². The first kappa shape index (κ1) is 16.9. The average molecular weight is 351 g/mol. The monoisotopic (exact) mass is 351 g/mol. The lowest BCUT2D eigenvalue weighted by Crippen LogP contribution is -2.40. The first-order valence-electron chi connectivity index (χ1n) is 7.68. The van der Waals surface area contributed by atoms with Gasteiger partial charge >= 0.3 is 0 Å². The largest absolute Gasteiger partial charge is 0.350 e. The summed E-state index contributed by atoms with van der Waals surface area (Å²) in [6.07, 6.45) is 3.12. The molecule has 5 nitrogen and oxygen atoms in total. The van der Waals surface area contributed by atoms with Crippen molar-refractivity contribution in [2.24, 2.45) is 7.05 Å². The zero-order chi connectivity index (χ0) is 17.6. The fourth-order valence-corrected chi connectivity index (χ4v) is 3.09. The Hall–Kier alpha value is -2.99. The van der Waals surface area contributed by atoms with Crippen LogP contribution in [0.25, 0.3) is 10.9 Å². The number of para-hydroxylation sites is 1. The van der Waals surface area contributed by atoms with E-state index in [1.807, 2.05) is 66.2 Å². The van der Waals surface area contributed by atoms with Gasteiger partial charge in [0.15, 0.2) is 0 Å². The zero-order valence-corrected chi connectivity index (χ0v) is 14.4. The summed E-state index contributed by atoms with van der Waals surface area (Å²) >= 11 is 1.43. The van der Waals surface area contributed by atoms with Crippen LogP contribution in [0.3, 0.4) is 0 Å². The molecule has 1 heterocycles. The number of hydrazine groups is 1. The minimum atomic E-state index is -0.392. The van der Waals surface area contributed by atoms with Gasteiger partial charge < -0.3 is 4.57 Å². The Morgan fingerprint density at radius 3 is 2.52 bits per heavy atom. The molecule has 0 fully saturated rings. The molecule has 2 amide bonds. The minimum Gasteiger partial charge on any atom is -0.350 e. The number of rotatable bonds is 4. The number of fused-ring (bicyclic) bond motifs is 1. The summed E-state index contributed by atoms with van der Waals surface area (Å²) in [4.78, 5) is 25.1. The van der Waals surface area contributed by atoms with Gasteiger partial charge in [0, 0.05) is 35.1 Å². The van der Waals surface area contributed by atoms with E-state index >= 15 is 0 Å². The number of benzene rings is 2. The Balaban J connectivity index is 1.57. The van der Waals surface area contributed by atoms with Gasteiger partial charge in [-0.2, -0.15) is 0 Å². The molecular formula is C19H17N3O2S. The maximum atomic E-state index is 12.3. The van der Waals surface area contributed by atoms with Crippen molar-refractivity contribution in [1.29, 1.82) is 0 Å². The van der Waals surface area contributed by atoms with E-state index in [2.05, 4.69) is 10.9 Å². The quantitative estimate of drug-likeness (QED) is 0.431. The highest BCUT2D eigenvalue weighted by atomic mass is 32.2. The van der Waals surface area contributed by atoms with Gasteiger partial charge in [0.05, 0.1) is 5.56 Å². The number of aryl methyl sites for hydroxylation is 1. The molecule has 0 aliphatic heterocycles. The number of hydrogen-bond acceptors (Lipinski definition) is 3. The number of carbonyl (C=O) groups excluding carboxylic acids is 2. The van der Waals surface area contributed by atoms with Crippen LogP contribution in [0, 0.1) is 0 Å². The van der Waals surface area contributed by atoms with Crippen LogP contribution in [0.15, 0.2) is 77.2 Å². The Labute approximate surface area is 149 Å². The van der Waals surface area contributed by atoms with Gasteiger partial charge in [-0.25, -0.2) is 0 Å². The number of nitrogens with zero attached hydrogens (tertiary/aromatic N) is 1. The van der Waals surface area contributed by atoms with Gasteiger partial charge in [0.2, 0.25) is 0 Å². The number of aromatic nitrogens is 1. The topological polar surface area (TPSA) is 63.1 Å². The SMILES string of the molecule is Cn1cc(C(=O)NNC(=O)/C=C/Sc2ccccc2)c2ccccc21. The lowest BCUT2D eigenvalue weighted by Gasteiger charge is -2.04. The summed E-state index contributed by atoms with van der Waals surface area (Å²) in [6.45, 7) is 0. The molecule has 0 radical (unpaired) electrons. The fourth-order valence-electron chi connectivity index (χ4n) is 2.42. The molecule has 3 aromatic rings. The van der Waals surface area contributed by atoms with Gasteiger partial charge in [-0.1, -0.05) is 48.2 Å². The van der Waals surface area contributed by atoms with Gasteiger partial charge in [-0.3, -0.25) is 20.4 Å². The molecule has 2 N–H and O–H groups in total. The molecule has 0 saturated heterocycles. The summed E-state index contributed by atoms with van der Waals surface area (Å²) in [6, 6.07) is 17.3. The predicted molar refractivity (Wildman–Crippen MR) is 100.0 cm³/mol. The number of thioether (sulfide) groups is 1. The van der Waals surface area contributed by atoms with Crippen molar-refractivity contribution in [2.45, 2.75) is 4.90 Å². The molecule has 0 atom stereocenters. The highest BCUT2D eigenvalue weighted by Crippen LogP contribution is 2.20. The average Bonchev–Trinajstić information content (AvgIpc) is 2.98. The second kappa shape index (κ2) is 7.72. The molecule has 0 aliphatic rings. The standard InChI is InChI=1S/C19H17N3O2S/c1-22-13-16(15-9-5-6-10-17(15)22)19(24)21-20-18(23)11-12-25-14-7-3-2-4-8-14/h2-13H,1H3,(H,20,23)(H,21,24)/b12-11+. The summed E-state index contributed by atoms with van der Waals surface area (Å²) in [7, 11) is 1.88. The molecule has 126 valence electrons. The minimum absolute atomic E-state index is 0.353. The van der Waals surface area contributed by atoms with Gasteiger partial charge in [-0.05, 0) is 23.6 Å². The molecule has 2 aromatic carbocycles. The molecule has 1 aromatic heterocycles. The van der Waals surface area contributed by atoms with E-state index in [0.29, 0.717) is 5.56 Å². The Morgan fingerprint density at radius 1 is 1.00 bits per heavy atom. The highest BCUT2D eigenvalue weighted by Gasteiger charge is 2.13. The highest BCUT2D eigenvalue weighted by molar-refractivity contribution is 8.02. The molecule has 0 unspecified atom stereocenters. The first-order chi connectivity index (χ1) is 12.1. The summed E-state index contributed by atoms with van der Waals surface area (Å²) in [5, 5.41) is 2.52. The van der Waals surface area contributed by atoms with Crippen LogP contribution < -0.4 is 10.9 Å². The second-order valence-electron chi connectivity index (χ2n) is 5.35. The van der Waals surface area contributed by atoms with Crippen molar-refractivity contribution in [3.05, 3.63) is 77.8 Å². The normalized spacial score (nSPS) is 10.9. The van der Waals surface area contributed by atoms with Gasteiger partial charge in [0.1, 0.15) is 0 Å². The Bertz CT molecular complexity index is 932. The van der Waals surface area contributed by atoms with Gasteiger partial charge in [-0.15, -0.1) is 0 Å². The molecule has 25 heavy (non-hydrogen) atoms. The third kappa shape index (κ3) is 4.10. The van der Waals surface area contributed by atoms with Crippen LogP contribution >= 0.6 is 11.8 Å². The molecule has 3 rings (SSSR count). The van der Waals surface area contributed by atoms with Crippen molar-refractivity contribution >= 4 is 34.5 Å². The van der Waals surface area contributed by atoms with Crippen LogP contribution in [0.4, 0.5) is 0 Å². The number of amides is 2. The van der Waals surface area contributed by atoms with Crippen LogP contribution in [0.2, 0.25) is 0 Å². The number of carbonyl (C=O) groups is 2. The van der Waals surface area contributed by atoms with Crippen molar-refractivity contribution in [3.8, 4) is 0 Å². The summed E-state index contributed by atoms with van der Waals surface area (Å²) in [5.41, 5.74) is 6.31. The third-order valence-electron chi connectivity index (χ3n) is 3.61. The van der Waals surface area contributed by atoms with E-state index in [9.17, 15) is 9.59 Å². The maximum Gasteiger partial charge on any atom is 0.271 e. The molecular weight excluding hydrogens is 334 g/mol. The van der Waals surface area contributed by atoms with Crippen LogP contribution in [-0.2, 0) is 11.8 Å². The fraction of sp³-hybridized carbons (Fsp3) is 0.0526. The predicted octanol–water partition coefficient (Wildman–Crippen LogP) is 3.25. The van der Waals surface area contributed by atoms with E-state index in [1.165, 1.54) is 17.8 Å². The van der Waals surface area contributed by atoms with Crippen LogP contribution in [0.5, 0.6) is 0 Å². The molecule has 0 spiro atoms. The van der Waals surface area contributed by atoms with Crippen LogP contribution in [-0.4, -0.2) is 16.4 Å². The first-order valence-corrected chi connectivity index (χ1v) is 8.56. The molecule has 0 bridgehead atoms. The van der Waals surface area contributed by atoms with Gasteiger partial charge in [0.25, 0.3) is 11.8 Å². The van der Waals surface area contributed by atoms with Crippen molar-refractivity contribution < 1.29 is 9.59 Å². The molecule has 0 saturated carbocycles. The maximum absolute atomic E-state index is 12.3. The zero-order valence-electron chi connectivity index (χ0n) is 13.6.